The molecule has 0 unspecified atom stereocenters. The van der Waals surface area contributed by atoms with E-state index in [-0.39, 0.29) is 16.9 Å². The first-order valence-electron chi connectivity index (χ1n) is 4.35. The molecule has 0 atom stereocenters. The van der Waals surface area contributed by atoms with Crippen LogP contribution in [0.2, 0.25) is 0 Å². The van der Waals surface area contributed by atoms with Crippen LogP contribution in [0.3, 0.4) is 0 Å². The Bertz CT molecular complexity index is 406. The molecule has 0 aliphatic heterocycles. The first-order valence-corrected chi connectivity index (χ1v) is 4.35. The van der Waals surface area contributed by atoms with Gasteiger partial charge in [0.2, 0.25) is 5.95 Å². The Labute approximate surface area is 76.2 Å². The van der Waals surface area contributed by atoms with Gasteiger partial charge in [-0.25, -0.2) is 4.98 Å². The number of nitrogens with zero attached hydrogens (tertiary/aromatic N) is 1. The van der Waals surface area contributed by atoms with Crippen molar-refractivity contribution in [3.05, 3.63) is 21.6 Å². The third-order valence-electron chi connectivity index (χ3n) is 2.42. The molecule has 13 heavy (non-hydrogen) atoms. The van der Waals surface area contributed by atoms with Crippen molar-refractivity contribution in [2.75, 3.05) is 5.73 Å². The van der Waals surface area contributed by atoms with Gasteiger partial charge in [-0.2, -0.15) is 0 Å². The first kappa shape index (κ1) is 8.29. The predicted molar refractivity (Wildman–Crippen MR) is 50.5 cm³/mol. The maximum Gasteiger partial charge on any atom is 0.255 e. The zero-order chi connectivity index (χ0) is 9.64. The third-order valence-corrected chi connectivity index (χ3v) is 2.42. The molecule has 1 aliphatic rings. The van der Waals surface area contributed by atoms with E-state index in [1.807, 2.05) is 0 Å². The number of anilines is 1. The van der Waals surface area contributed by atoms with Crippen LogP contribution >= 0.6 is 0 Å². The quantitative estimate of drug-likeness (QED) is 0.608. The standard InChI is InChI=1S/C9H13N3O/c1-9(2)3-5-6(4-9)11-8(10)12-7(5)13/h3-4H2,1-2H3,(H3,10,11,12,13). The Hall–Kier alpha value is -1.32. The zero-order valence-electron chi connectivity index (χ0n) is 7.85. The lowest BCUT2D eigenvalue weighted by molar-refractivity contribution is 0.390. The van der Waals surface area contributed by atoms with Crippen molar-refractivity contribution >= 4 is 5.95 Å². The molecule has 0 spiro atoms. The number of aromatic amines is 1. The summed E-state index contributed by atoms with van der Waals surface area (Å²) in [6.45, 7) is 4.26. The van der Waals surface area contributed by atoms with Crippen molar-refractivity contribution in [2.24, 2.45) is 5.41 Å². The van der Waals surface area contributed by atoms with Crippen molar-refractivity contribution in [3.8, 4) is 0 Å². The minimum absolute atomic E-state index is 0.0759. The van der Waals surface area contributed by atoms with Gasteiger partial charge < -0.3 is 5.73 Å². The molecule has 0 radical (unpaired) electrons. The number of H-pyrrole nitrogens is 1. The maximum absolute atomic E-state index is 11.4. The Kier molecular flexibility index (Phi) is 1.49. The molecule has 3 N–H and O–H groups in total. The number of aromatic nitrogens is 2. The highest BCUT2D eigenvalue weighted by molar-refractivity contribution is 5.30. The van der Waals surface area contributed by atoms with Crippen molar-refractivity contribution in [2.45, 2.75) is 26.7 Å². The second-order valence-corrected chi connectivity index (χ2v) is 4.39. The van der Waals surface area contributed by atoms with Gasteiger partial charge in [0.15, 0.2) is 0 Å². The summed E-state index contributed by atoms with van der Waals surface area (Å²) in [4.78, 5) is 18.1. The van der Waals surface area contributed by atoms with Crippen molar-refractivity contribution in [1.82, 2.24) is 9.97 Å². The van der Waals surface area contributed by atoms with Gasteiger partial charge in [0.05, 0.1) is 5.69 Å². The number of nitrogens with one attached hydrogen (secondary N) is 1. The van der Waals surface area contributed by atoms with Crippen LogP contribution in [0, 0.1) is 5.41 Å². The highest BCUT2D eigenvalue weighted by Gasteiger charge is 2.31. The lowest BCUT2D eigenvalue weighted by Crippen LogP contribution is -2.17. The van der Waals surface area contributed by atoms with E-state index in [1.54, 1.807) is 0 Å². The lowest BCUT2D eigenvalue weighted by atomic mass is 9.91. The number of hydrogen-bond donors (Lipinski definition) is 2. The Balaban J connectivity index is 2.58. The fraction of sp³-hybridized carbons (Fsp3) is 0.556. The number of nitrogen functional groups attached to an aromatic ring is 1. The molecule has 1 heterocycles. The van der Waals surface area contributed by atoms with E-state index in [9.17, 15) is 4.79 Å². The average molecular weight is 179 g/mol. The van der Waals surface area contributed by atoms with Gasteiger partial charge in [-0.3, -0.25) is 9.78 Å². The summed E-state index contributed by atoms with van der Waals surface area (Å²) >= 11 is 0. The van der Waals surface area contributed by atoms with Crippen LogP contribution in [0.15, 0.2) is 4.79 Å². The van der Waals surface area contributed by atoms with E-state index < -0.39 is 0 Å². The molecule has 2 rings (SSSR count). The molecule has 0 saturated heterocycles. The number of hydrogen-bond acceptors (Lipinski definition) is 3. The number of rotatable bonds is 0. The molecule has 0 fully saturated rings. The van der Waals surface area contributed by atoms with Gasteiger partial charge in [-0.05, 0) is 18.3 Å². The summed E-state index contributed by atoms with van der Waals surface area (Å²) in [6.07, 6.45) is 1.64. The lowest BCUT2D eigenvalue weighted by Gasteiger charge is -2.13. The van der Waals surface area contributed by atoms with Crippen LogP contribution in [-0.2, 0) is 12.8 Å². The van der Waals surface area contributed by atoms with Gasteiger partial charge >= 0.3 is 0 Å². The Morgan fingerprint density at radius 2 is 2.15 bits per heavy atom. The minimum Gasteiger partial charge on any atom is -0.369 e. The molecular weight excluding hydrogens is 166 g/mol. The van der Waals surface area contributed by atoms with Crippen molar-refractivity contribution < 1.29 is 0 Å². The Morgan fingerprint density at radius 1 is 1.46 bits per heavy atom. The van der Waals surface area contributed by atoms with Crippen LogP contribution < -0.4 is 11.3 Å². The average Bonchev–Trinajstić information content (AvgIpc) is 2.23. The predicted octanol–water partition coefficient (Wildman–Crippen LogP) is 0.477. The van der Waals surface area contributed by atoms with Crippen LogP contribution in [0.4, 0.5) is 5.95 Å². The Morgan fingerprint density at radius 3 is 2.85 bits per heavy atom. The summed E-state index contributed by atoms with van der Waals surface area (Å²) in [6, 6.07) is 0. The summed E-state index contributed by atoms with van der Waals surface area (Å²) in [5.74, 6) is 0.224. The molecule has 0 bridgehead atoms. The monoisotopic (exact) mass is 179 g/mol. The second-order valence-electron chi connectivity index (χ2n) is 4.39. The van der Waals surface area contributed by atoms with Crippen molar-refractivity contribution in [3.63, 3.8) is 0 Å². The molecule has 0 amide bonds. The largest absolute Gasteiger partial charge is 0.369 e. The van der Waals surface area contributed by atoms with E-state index in [2.05, 4.69) is 23.8 Å². The molecule has 0 saturated carbocycles. The molecular formula is C9H13N3O. The molecule has 0 aromatic carbocycles. The van der Waals surface area contributed by atoms with Gasteiger partial charge in [0.1, 0.15) is 0 Å². The smallest absolute Gasteiger partial charge is 0.255 e. The van der Waals surface area contributed by atoms with Gasteiger partial charge in [0, 0.05) is 5.56 Å². The highest BCUT2D eigenvalue weighted by atomic mass is 16.1. The van der Waals surface area contributed by atoms with E-state index in [4.69, 9.17) is 5.73 Å². The third kappa shape index (κ3) is 1.32. The van der Waals surface area contributed by atoms with Gasteiger partial charge in [0.25, 0.3) is 5.56 Å². The normalized spacial score (nSPS) is 18.6. The summed E-state index contributed by atoms with van der Waals surface area (Å²) in [5, 5.41) is 0. The molecule has 4 heteroatoms. The van der Waals surface area contributed by atoms with E-state index in [0.29, 0.717) is 0 Å². The fourth-order valence-corrected chi connectivity index (χ4v) is 1.89. The van der Waals surface area contributed by atoms with Gasteiger partial charge in [-0.15, -0.1) is 0 Å². The maximum atomic E-state index is 11.4. The number of nitrogens with two attached hydrogens (primary N) is 1. The second kappa shape index (κ2) is 2.34. The zero-order valence-corrected chi connectivity index (χ0v) is 7.85. The van der Waals surface area contributed by atoms with Gasteiger partial charge in [-0.1, -0.05) is 13.8 Å². The minimum atomic E-state index is -0.0759. The first-order chi connectivity index (χ1) is 5.98. The van der Waals surface area contributed by atoms with E-state index in [1.165, 1.54) is 0 Å². The number of fused-ring (bicyclic) bond motifs is 1. The highest BCUT2D eigenvalue weighted by Crippen LogP contribution is 2.32. The molecule has 1 aromatic rings. The van der Waals surface area contributed by atoms with Crippen LogP contribution in [0.25, 0.3) is 0 Å². The topological polar surface area (TPSA) is 71.8 Å². The van der Waals surface area contributed by atoms with Crippen LogP contribution in [0.1, 0.15) is 25.1 Å². The van der Waals surface area contributed by atoms with Crippen LogP contribution in [0.5, 0.6) is 0 Å². The molecule has 4 nitrogen and oxygen atoms in total. The summed E-state index contributed by atoms with van der Waals surface area (Å²) in [5.41, 5.74) is 7.20. The fourth-order valence-electron chi connectivity index (χ4n) is 1.89. The molecule has 1 aliphatic carbocycles. The summed E-state index contributed by atoms with van der Waals surface area (Å²) < 4.78 is 0. The SMILES string of the molecule is CC1(C)Cc2nc(N)[nH]c(=O)c2C1. The summed E-state index contributed by atoms with van der Waals surface area (Å²) in [7, 11) is 0. The van der Waals surface area contributed by atoms with E-state index in [0.717, 1.165) is 24.1 Å². The molecule has 70 valence electrons. The molecule has 1 aromatic heterocycles. The van der Waals surface area contributed by atoms with E-state index >= 15 is 0 Å². The van der Waals surface area contributed by atoms with Crippen molar-refractivity contribution in [1.29, 1.82) is 0 Å². The van der Waals surface area contributed by atoms with Crippen LogP contribution in [-0.4, -0.2) is 9.97 Å².